The van der Waals surface area contributed by atoms with Gasteiger partial charge in [0.15, 0.2) is 0 Å². The predicted molar refractivity (Wildman–Crippen MR) is 68.9 cm³/mol. The molecule has 1 heterocycles. The van der Waals surface area contributed by atoms with E-state index in [0.29, 0.717) is 11.6 Å². The molecule has 1 fully saturated rings. The number of hydrogen-bond donors (Lipinski definition) is 1. The van der Waals surface area contributed by atoms with Crippen LogP contribution in [0.15, 0.2) is 36.6 Å². The van der Waals surface area contributed by atoms with E-state index in [1.807, 2.05) is 5.54 Å². The summed E-state index contributed by atoms with van der Waals surface area (Å²) in [5.41, 5.74) is 3.66. The first-order valence-corrected chi connectivity index (χ1v) is 6.18. The number of nitrogens with zero attached hydrogens (tertiary/aromatic N) is 1. The molecule has 0 aromatic heterocycles. The summed E-state index contributed by atoms with van der Waals surface area (Å²) in [6.07, 6.45) is 6.58. The van der Waals surface area contributed by atoms with Gasteiger partial charge in [0.05, 0.1) is 0 Å². The highest BCUT2D eigenvalue weighted by Crippen LogP contribution is 2.48. The molecule has 0 radical (unpaired) electrons. The fourth-order valence-electron chi connectivity index (χ4n) is 3.32. The molecule has 1 aliphatic heterocycles. The van der Waals surface area contributed by atoms with E-state index in [-0.39, 0.29) is 5.41 Å². The van der Waals surface area contributed by atoms with Crippen molar-refractivity contribution < 1.29 is 4.48 Å². The summed E-state index contributed by atoms with van der Waals surface area (Å²) in [6.45, 7) is 9.91. The van der Waals surface area contributed by atoms with Gasteiger partial charge in [-0.15, -0.1) is 11.1 Å². The molecule has 0 amide bonds. The van der Waals surface area contributed by atoms with Crippen LogP contribution < -0.4 is 5.54 Å². The number of rotatable bonds is 3. The second-order valence-corrected chi connectivity index (χ2v) is 5.34. The number of fused-ring (bicyclic) bond motifs is 1. The maximum atomic E-state index is 12.8. The number of halogens is 1. The number of allylic oxidation sites excluding steroid dienone is 3. The first-order valence-electron chi connectivity index (χ1n) is 6.18. The Morgan fingerprint density at radius 3 is 2.88 bits per heavy atom. The molecule has 1 N–H and O–H groups in total. The van der Waals surface area contributed by atoms with Crippen LogP contribution in [0.5, 0.6) is 0 Å². The summed E-state index contributed by atoms with van der Waals surface area (Å²) in [6, 6.07) is 0. The van der Waals surface area contributed by atoms with Crippen LogP contribution in [-0.2, 0) is 0 Å². The van der Waals surface area contributed by atoms with Crippen molar-refractivity contribution in [1.29, 1.82) is 0 Å². The molecule has 0 aromatic rings. The second kappa shape index (κ2) is 4.65. The van der Waals surface area contributed by atoms with Gasteiger partial charge in [-0.25, -0.2) is 5.54 Å². The zero-order valence-electron chi connectivity index (χ0n) is 10.5. The van der Waals surface area contributed by atoms with E-state index < -0.39 is 0 Å². The van der Waals surface area contributed by atoms with Crippen molar-refractivity contribution in [2.45, 2.75) is 19.3 Å². The number of piperidine rings is 1. The van der Waals surface area contributed by atoms with E-state index in [1.165, 1.54) is 0 Å². The topological polar surface area (TPSA) is 15.3 Å². The average molecular weight is 236 g/mol. The highest BCUT2D eigenvalue weighted by molar-refractivity contribution is 5.31. The van der Waals surface area contributed by atoms with Gasteiger partial charge in [0.2, 0.25) is 0 Å². The van der Waals surface area contributed by atoms with E-state index >= 15 is 0 Å². The van der Waals surface area contributed by atoms with Crippen LogP contribution in [0.25, 0.3) is 0 Å². The minimum absolute atomic E-state index is 0.0941. The summed E-state index contributed by atoms with van der Waals surface area (Å²) in [4.78, 5) is 2.34. The first kappa shape index (κ1) is 12.4. The third-order valence-corrected chi connectivity index (χ3v) is 4.36. The third kappa shape index (κ3) is 2.04. The first-order chi connectivity index (χ1) is 8.15. The summed E-state index contributed by atoms with van der Waals surface area (Å²) in [5, 5.41) is 0. The SMILES string of the molecule is C=CC1=C(NF)CC2CCN(C)CC2(C=C)C1. The monoisotopic (exact) mass is 236 g/mol. The smallest absolute Gasteiger partial charge is 0.0464 e. The summed E-state index contributed by atoms with van der Waals surface area (Å²) < 4.78 is 12.8. The van der Waals surface area contributed by atoms with E-state index in [9.17, 15) is 4.48 Å². The van der Waals surface area contributed by atoms with Gasteiger partial charge in [-0.1, -0.05) is 18.7 Å². The lowest BCUT2D eigenvalue weighted by Crippen LogP contribution is -2.48. The number of hydrogen-bond acceptors (Lipinski definition) is 2. The molecule has 17 heavy (non-hydrogen) atoms. The van der Waals surface area contributed by atoms with Crippen molar-refractivity contribution in [2.75, 3.05) is 20.1 Å². The van der Waals surface area contributed by atoms with Gasteiger partial charge < -0.3 is 4.90 Å². The van der Waals surface area contributed by atoms with Gasteiger partial charge in [-0.2, -0.15) is 0 Å². The molecule has 2 aliphatic rings. The Kier molecular flexibility index (Phi) is 3.38. The zero-order valence-corrected chi connectivity index (χ0v) is 10.5. The highest BCUT2D eigenvalue weighted by Gasteiger charge is 2.43. The lowest BCUT2D eigenvalue weighted by Gasteiger charge is -2.49. The van der Waals surface area contributed by atoms with Crippen molar-refractivity contribution in [3.05, 3.63) is 36.6 Å². The van der Waals surface area contributed by atoms with Crippen molar-refractivity contribution in [3.8, 4) is 0 Å². The molecule has 2 unspecified atom stereocenters. The van der Waals surface area contributed by atoms with Gasteiger partial charge in [0.25, 0.3) is 0 Å². The predicted octanol–water partition coefficient (Wildman–Crippen LogP) is 2.82. The van der Waals surface area contributed by atoms with E-state index in [4.69, 9.17) is 0 Å². The third-order valence-electron chi connectivity index (χ3n) is 4.36. The van der Waals surface area contributed by atoms with Crippen LogP contribution in [0.2, 0.25) is 0 Å². The Morgan fingerprint density at radius 2 is 2.29 bits per heavy atom. The summed E-state index contributed by atoms with van der Waals surface area (Å²) in [5.74, 6) is 0.498. The fourth-order valence-corrected chi connectivity index (χ4v) is 3.32. The molecule has 1 saturated heterocycles. The highest BCUT2D eigenvalue weighted by atomic mass is 19.2. The molecule has 2 rings (SSSR count). The summed E-state index contributed by atoms with van der Waals surface area (Å²) in [7, 11) is 2.14. The van der Waals surface area contributed by atoms with Gasteiger partial charge in [-0.05, 0) is 44.3 Å². The number of likely N-dealkylation sites (tertiary alicyclic amines) is 1. The summed E-state index contributed by atoms with van der Waals surface area (Å²) >= 11 is 0. The van der Waals surface area contributed by atoms with Crippen LogP contribution >= 0.6 is 0 Å². The van der Waals surface area contributed by atoms with E-state index in [2.05, 4.69) is 31.2 Å². The Balaban J connectivity index is 2.34. The lowest BCUT2D eigenvalue weighted by atomic mass is 9.62. The van der Waals surface area contributed by atoms with Crippen LogP contribution in [0.3, 0.4) is 0 Å². The zero-order chi connectivity index (χ0) is 12.5. The molecular weight excluding hydrogens is 215 g/mol. The minimum atomic E-state index is 0.0941. The second-order valence-electron chi connectivity index (χ2n) is 5.34. The van der Waals surface area contributed by atoms with Gasteiger partial charge in [0.1, 0.15) is 0 Å². The fraction of sp³-hybridized carbons (Fsp3) is 0.571. The molecule has 0 saturated carbocycles. The van der Waals surface area contributed by atoms with Crippen molar-refractivity contribution in [1.82, 2.24) is 10.4 Å². The number of nitrogens with one attached hydrogen (secondary N) is 1. The molecule has 94 valence electrons. The molecule has 1 aliphatic carbocycles. The Morgan fingerprint density at radius 1 is 1.53 bits per heavy atom. The quantitative estimate of drug-likeness (QED) is 0.599. The molecule has 2 atom stereocenters. The van der Waals surface area contributed by atoms with Crippen molar-refractivity contribution in [2.24, 2.45) is 11.3 Å². The maximum absolute atomic E-state index is 12.8. The van der Waals surface area contributed by atoms with Crippen LogP contribution in [0.1, 0.15) is 19.3 Å². The average Bonchev–Trinajstić information content (AvgIpc) is 2.36. The van der Waals surface area contributed by atoms with E-state index in [1.54, 1.807) is 6.08 Å². The molecule has 0 aromatic carbocycles. The standard InChI is InChI=1S/C14H21FN2/c1-4-11-9-14(5-2)10-17(3)7-6-12(14)8-13(11)16-15/h4-5,12,16H,1-2,6-10H2,3H3. The van der Waals surface area contributed by atoms with Crippen LogP contribution in [-0.4, -0.2) is 25.0 Å². The maximum Gasteiger partial charge on any atom is 0.0464 e. The Hall–Kier alpha value is -1.09. The molecule has 0 spiro atoms. The minimum Gasteiger partial charge on any atom is -0.305 e. The molecule has 0 bridgehead atoms. The Bertz CT molecular complexity index is 361. The van der Waals surface area contributed by atoms with Gasteiger partial charge >= 0.3 is 0 Å². The van der Waals surface area contributed by atoms with Gasteiger partial charge in [0, 0.05) is 17.7 Å². The van der Waals surface area contributed by atoms with Gasteiger partial charge in [-0.3, -0.25) is 0 Å². The van der Waals surface area contributed by atoms with E-state index in [0.717, 1.165) is 37.9 Å². The Labute approximate surface area is 103 Å². The van der Waals surface area contributed by atoms with Crippen LogP contribution in [0.4, 0.5) is 4.48 Å². The van der Waals surface area contributed by atoms with Crippen molar-refractivity contribution >= 4 is 0 Å². The molecule has 2 nitrogen and oxygen atoms in total. The molecule has 3 heteroatoms. The normalized spacial score (nSPS) is 34.1. The largest absolute Gasteiger partial charge is 0.305 e. The van der Waals surface area contributed by atoms with Crippen LogP contribution in [0, 0.1) is 11.3 Å². The molecular formula is C14H21FN2. The lowest BCUT2D eigenvalue weighted by molar-refractivity contribution is 0.0699. The van der Waals surface area contributed by atoms with Crippen molar-refractivity contribution in [3.63, 3.8) is 0 Å².